The Bertz CT molecular complexity index is 399. The lowest BCUT2D eigenvalue weighted by molar-refractivity contribution is 0.212. The molecule has 118 valence electrons. The lowest BCUT2D eigenvalue weighted by Crippen LogP contribution is -2.46. The van der Waals surface area contributed by atoms with Crippen LogP contribution in [0.15, 0.2) is 30.3 Å². The van der Waals surface area contributed by atoms with Crippen LogP contribution >= 0.6 is 0 Å². The molecule has 0 aromatic heterocycles. The molecule has 1 unspecified atom stereocenters. The fourth-order valence-electron chi connectivity index (χ4n) is 3.10. The van der Waals surface area contributed by atoms with Crippen molar-refractivity contribution in [3.8, 4) is 0 Å². The smallest absolute Gasteiger partial charge is 0.0177 e. The summed E-state index contributed by atoms with van der Waals surface area (Å²) in [5.41, 5.74) is 1.66. The zero-order chi connectivity index (χ0) is 15.1. The van der Waals surface area contributed by atoms with Gasteiger partial charge in [-0.1, -0.05) is 51.1 Å². The molecule has 2 nitrogen and oxygen atoms in total. The molecule has 0 radical (unpaired) electrons. The number of nitrogens with zero attached hydrogens (tertiary/aromatic N) is 1. The lowest BCUT2D eigenvalue weighted by Gasteiger charge is -2.36. The highest BCUT2D eigenvalue weighted by Crippen LogP contribution is 2.31. The molecular formula is C19H32N2. The third-order valence-electron chi connectivity index (χ3n) is 4.65. The van der Waals surface area contributed by atoms with Crippen LogP contribution < -0.4 is 5.32 Å². The second kappa shape index (κ2) is 7.95. The summed E-state index contributed by atoms with van der Waals surface area (Å²) in [7, 11) is 0. The largest absolute Gasteiger partial charge is 0.316 e. The van der Waals surface area contributed by atoms with E-state index >= 15 is 0 Å². The molecule has 2 heteroatoms. The zero-order valence-corrected chi connectivity index (χ0v) is 14.1. The Balaban J connectivity index is 2.05. The molecule has 1 N–H and O–H groups in total. The molecule has 0 amide bonds. The quantitative estimate of drug-likeness (QED) is 0.661. The van der Waals surface area contributed by atoms with Crippen molar-refractivity contribution in [2.45, 2.75) is 45.4 Å². The van der Waals surface area contributed by atoms with Gasteiger partial charge in [0.1, 0.15) is 0 Å². The number of likely N-dealkylation sites (N-methyl/N-ethyl adjacent to an activating group) is 1. The van der Waals surface area contributed by atoms with Crippen molar-refractivity contribution >= 4 is 0 Å². The predicted octanol–water partition coefficient (Wildman–Crippen LogP) is 3.68. The van der Waals surface area contributed by atoms with E-state index in [0.29, 0.717) is 0 Å². The average molecular weight is 288 g/mol. The third-order valence-corrected chi connectivity index (χ3v) is 4.65. The van der Waals surface area contributed by atoms with E-state index in [1.807, 2.05) is 0 Å². The first-order valence-electron chi connectivity index (χ1n) is 8.66. The minimum atomic E-state index is 0.196. The van der Waals surface area contributed by atoms with Crippen LogP contribution in [0.3, 0.4) is 0 Å². The molecule has 1 aliphatic rings. The van der Waals surface area contributed by atoms with Gasteiger partial charge in [0, 0.05) is 25.0 Å². The summed E-state index contributed by atoms with van der Waals surface area (Å²) >= 11 is 0. The Morgan fingerprint density at radius 1 is 1.19 bits per heavy atom. The zero-order valence-electron chi connectivity index (χ0n) is 14.1. The Morgan fingerprint density at radius 2 is 1.90 bits per heavy atom. The van der Waals surface area contributed by atoms with E-state index in [4.69, 9.17) is 0 Å². The monoisotopic (exact) mass is 288 g/mol. The number of rotatable bonds is 10. The molecule has 21 heavy (non-hydrogen) atoms. The molecule has 0 spiro atoms. The number of benzene rings is 1. The van der Waals surface area contributed by atoms with Gasteiger partial charge in [-0.05, 0) is 43.8 Å². The van der Waals surface area contributed by atoms with Crippen molar-refractivity contribution in [3.05, 3.63) is 35.9 Å². The molecule has 0 aliphatic heterocycles. The molecule has 0 saturated heterocycles. The second-order valence-corrected chi connectivity index (χ2v) is 6.87. The van der Waals surface area contributed by atoms with Crippen molar-refractivity contribution in [1.29, 1.82) is 0 Å². The van der Waals surface area contributed by atoms with E-state index in [0.717, 1.165) is 32.1 Å². The summed E-state index contributed by atoms with van der Waals surface area (Å²) in [4.78, 5) is 2.65. The fourth-order valence-corrected chi connectivity index (χ4v) is 3.10. The Labute approximate surface area is 130 Å². The Hall–Kier alpha value is -0.860. The van der Waals surface area contributed by atoms with E-state index in [9.17, 15) is 0 Å². The van der Waals surface area contributed by atoms with Gasteiger partial charge in [0.15, 0.2) is 0 Å². The van der Waals surface area contributed by atoms with Crippen LogP contribution in [0.5, 0.6) is 0 Å². The first kappa shape index (κ1) is 16.5. The maximum absolute atomic E-state index is 3.65. The highest BCUT2D eigenvalue weighted by Gasteiger charge is 2.31. The average Bonchev–Trinajstić information content (AvgIpc) is 3.32. The Kier molecular flexibility index (Phi) is 6.25. The molecule has 1 aromatic rings. The molecule has 1 aliphatic carbocycles. The van der Waals surface area contributed by atoms with Gasteiger partial charge in [0.2, 0.25) is 0 Å². The van der Waals surface area contributed by atoms with Crippen molar-refractivity contribution in [2.24, 2.45) is 5.92 Å². The van der Waals surface area contributed by atoms with Gasteiger partial charge in [-0.15, -0.1) is 0 Å². The van der Waals surface area contributed by atoms with Crippen LogP contribution in [0.25, 0.3) is 0 Å². The normalized spacial score (nSPS) is 17.9. The summed E-state index contributed by atoms with van der Waals surface area (Å²) in [5.74, 6) is 0.966. The van der Waals surface area contributed by atoms with Crippen LogP contribution in [-0.4, -0.2) is 37.6 Å². The van der Waals surface area contributed by atoms with Gasteiger partial charge in [-0.2, -0.15) is 0 Å². The first-order chi connectivity index (χ1) is 10.2. The highest BCUT2D eigenvalue weighted by atomic mass is 15.1. The summed E-state index contributed by atoms with van der Waals surface area (Å²) in [5, 5.41) is 3.65. The molecule has 1 atom stereocenters. The van der Waals surface area contributed by atoms with Gasteiger partial charge in [-0.3, -0.25) is 0 Å². The van der Waals surface area contributed by atoms with E-state index in [-0.39, 0.29) is 5.41 Å². The minimum Gasteiger partial charge on any atom is -0.316 e. The summed E-state index contributed by atoms with van der Waals surface area (Å²) < 4.78 is 0. The summed E-state index contributed by atoms with van der Waals surface area (Å²) in [6.45, 7) is 12.7. The van der Waals surface area contributed by atoms with Crippen LogP contribution in [0.4, 0.5) is 0 Å². The predicted molar refractivity (Wildman–Crippen MR) is 91.8 cm³/mol. The Morgan fingerprint density at radius 3 is 2.48 bits per heavy atom. The van der Waals surface area contributed by atoms with Crippen LogP contribution in [0.1, 0.15) is 45.6 Å². The highest BCUT2D eigenvalue weighted by molar-refractivity contribution is 5.25. The van der Waals surface area contributed by atoms with Gasteiger partial charge in [0.25, 0.3) is 0 Å². The second-order valence-electron chi connectivity index (χ2n) is 6.87. The SMILES string of the molecule is CCCNCC(C)(CN(CC)CC1CC1)c1ccccc1. The van der Waals surface area contributed by atoms with Gasteiger partial charge < -0.3 is 10.2 Å². The van der Waals surface area contributed by atoms with Crippen molar-refractivity contribution in [3.63, 3.8) is 0 Å². The minimum absolute atomic E-state index is 0.196. The van der Waals surface area contributed by atoms with Gasteiger partial charge in [-0.25, -0.2) is 0 Å². The number of hydrogen-bond acceptors (Lipinski definition) is 2. The molecule has 2 rings (SSSR count). The molecule has 1 saturated carbocycles. The van der Waals surface area contributed by atoms with Crippen LogP contribution in [0, 0.1) is 5.92 Å². The topological polar surface area (TPSA) is 15.3 Å². The molecule has 1 fully saturated rings. The molecule has 1 aromatic carbocycles. The fraction of sp³-hybridized carbons (Fsp3) is 0.684. The van der Waals surface area contributed by atoms with Gasteiger partial charge >= 0.3 is 0 Å². The van der Waals surface area contributed by atoms with Crippen LogP contribution in [-0.2, 0) is 5.41 Å². The molecule has 0 bridgehead atoms. The van der Waals surface area contributed by atoms with E-state index in [1.54, 1.807) is 0 Å². The molecular weight excluding hydrogens is 256 g/mol. The van der Waals surface area contributed by atoms with E-state index < -0.39 is 0 Å². The lowest BCUT2D eigenvalue weighted by atomic mass is 9.81. The number of nitrogens with one attached hydrogen (secondary N) is 1. The standard InChI is InChI=1S/C19H32N2/c1-4-13-20-15-19(3,18-9-7-6-8-10-18)16-21(5-2)14-17-11-12-17/h6-10,17,20H,4-5,11-16H2,1-3H3. The maximum Gasteiger partial charge on any atom is 0.0177 e. The van der Waals surface area contributed by atoms with Crippen molar-refractivity contribution < 1.29 is 0 Å². The third kappa shape index (κ3) is 5.12. The number of hydrogen-bond donors (Lipinski definition) is 1. The van der Waals surface area contributed by atoms with Gasteiger partial charge in [0.05, 0.1) is 0 Å². The van der Waals surface area contributed by atoms with Crippen LogP contribution in [0.2, 0.25) is 0 Å². The first-order valence-corrected chi connectivity index (χ1v) is 8.66. The van der Waals surface area contributed by atoms with Crippen molar-refractivity contribution in [1.82, 2.24) is 10.2 Å². The maximum atomic E-state index is 3.65. The van der Waals surface area contributed by atoms with E-state index in [1.165, 1.54) is 31.4 Å². The summed E-state index contributed by atoms with van der Waals surface area (Å²) in [6, 6.07) is 11.0. The summed E-state index contributed by atoms with van der Waals surface area (Å²) in [6.07, 6.45) is 4.07. The van der Waals surface area contributed by atoms with E-state index in [2.05, 4.69) is 61.3 Å². The molecule has 0 heterocycles. The van der Waals surface area contributed by atoms with Crippen molar-refractivity contribution in [2.75, 3.05) is 32.7 Å².